The monoisotopic (exact) mass is 269 g/mol. The summed E-state index contributed by atoms with van der Waals surface area (Å²) in [6.45, 7) is 4.03. The Labute approximate surface area is 119 Å². The maximum absolute atomic E-state index is 11.9. The minimum Gasteiger partial charge on any atom is -0.457 e. The number of carbonyl (C=O) groups is 1. The normalized spacial score (nSPS) is 11.7. The van der Waals surface area contributed by atoms with Gasteiger partial charge in [0.1, 0.15) is 11.5 Å². The summed E-state index contributed by atoms with van der Waals surface area (Å²) in [7, 11) is 0. The molecule has 104 valence electrons. The standard InChI is InChI=1S/C17H19NO2/c1-3-13(2)18-17(19)14-9-11-16(12-10-14)20-15-7-5-4-6-8-15/h4-13H,3H2,1-2H3,(H,18,19). The molecule has 0 aliphatic carbocycles. The van der Waals surface area contributed by atoms with Gasteiger partial charge in [-0.15, -0.1) is 0 Å². The van der Waals surface area contributed by atoms with Crippen molar-refractivity contribution in [3.8, 4) is 11.5 Å². The van der Waals surface area contributed by atoms with Crippen LogP contribution in [0, 0.1) is 0 Å². The SMILES string of the molecule is CCC(C)NC(=O)c1ccc(Oc2ccccc2)cc1. The van der Waals surface area contributed by atoms with E-state index in [9.17, 15) is 4.79 Å². The maximum Gasteiger partial charge on any atom is 0.251 e. The lowest BCUT2D eigenvalue weighted by Crippen LogP contribution is -2.31. The van der Waals surface area contributed by atoms with Crippen molar-refractivity contribution < 1.29 is 9.53 Å². The summed E-state index contributed by atoms with van der Waals surface area (Å²) in [6.07, 6.45) is 0.918. The third kappa shape index (κ3) is 3.85. The molecule has 0 heterocycles. The molecule has 1 amide bonds. The fraction of sp³-hybridized carbons (Fsp3) is 0.235. The largest absolute Gasteiger partial charge is 0.457 e. The van der Waals surface area contributed by atoms with E-state index in [1.165, 1.54) is 0 Å². The molecule has 0 saturated heterocycles. The first-order chi connectivity index (χ1) is 9.69. The molecule has 1 unspecified atom stereocenters. The molecule has 0 saturated carbocycles. The average molecular weight is 269 g/mol. The molecule has 20 heavy (non-hydrogen) atoms. The van der Waals surface area contributed by atoms with Crippen molar-refractivity contribution in [2.24, 2.45) is 0 Å². The van der Waals surface area contributed by atoms with E-state index in [1.807, 2.05) is 44.2 Å². The molecule has 0 spiro atoms. The molecular formula is C17H19NO2. The summed E-state index contributed by atoms with van der Waals surface area (Å²) in [5, 5.41) is 2.94. The van der Waals surface area contributed by atoms with Crippen LogP contribution < -0.4 is 10.1 Å². The van der Waals surface area contributed by atoms with E-state index in [1.54, 1.807) is 24.3 Å². The number of amides is 1. The first-order valence-corrected chi connectivity index (χ1v) is 6.83. The molecule has 0 aromatic heterocycles. The van der Waals surface area contributed by atoms with Crippen LogP contribution in [0.1, 0.15) is 30.6 Å². The van der Waals surface area contributed by atoms with Crippen LogP contribution in [0.4, 0.5) is 0 Å². The highest BCUT2D eigenvalue weighted by Gasteiger charge is 2.08. The van der Waals surface area contributed by atoms with Crippen LogP contribution in [-0.4, -0.2) is 11.9 Å². The second kappa shape index (κ2) is 6.75. The topological polar surface area (TPSA) is 38.3 Å². The third-order valence-corrected chi connectivity index (χ3v) is 3.09. The van der Waals surface area contributed by atoms with E-state index in [0.29, 0.717) is 5.56 Å². The highest BCUT2D eigenvalue weighted by molar-refractivity contribution is 5.94. The third-order valence-electron chi connectivity index (χ3n) is 3.09. The summed E-state index contributed by atoms with van der Waals surface area (Å²) in [4.78, 5) is 11.9. The first-order valence-electron chi connectivity index (χ1n) is 6.83. The summed E-state index contributed by atoms with van der Waals surface area (Å²) in [6, 6.07) is 16.9. The average Bonchev–Trinajstić information content (AvgIpc) is 2.49. The van der Waals surface area contributed by atoms with Gasteiger partial charge in [-0.25, -0.2) is 0 Å². The lowest BCUT2D eigenvalue weighted by Gasteiger charge is -2.11. The highest BCUT2D eigenvalue weighted by atomic mass is 16.5. The van der Waals surface area contributed by atoms with Gasteiger partial charge in [0.25, 0.3) is 5.91 Å². The molecule has 0 aliphatic heterocycles. The lowest BCUT2D eigenvalue weighted by atomic mass is 10.2. The minimum atomic E-state index is -0.0504. The molecule has 1 N–H and O–H groups in total. The van der Waals surface area contributed by atoms with Gasteiger partial charge in [-0.1, -0.05) is 25.1 Å². The van der Waals surface area contributed by atoms with E-state index in [2.05, 4.69) is 5.32 Å². The number of hydrogen-bond donors (Lipinski definition) is 1. The number of nitrogens with one attached hydrogen (secondary N) is 1. The number of rotatable bonds is 5. The molecule has 3 nitrogen and oxygen atoms in total. The van der Waals surface area contributed by atoms with Crippen molar-refractivity contribution in [2.45, 2.75) is 26.3 Å². The minimum absolute atomic E-state index is 0.0504. The molecule has 0 aliphatic rings. The van der Waals surface area contributed by atoms with Crippen LogP contribution in [0.15, 0.2) is 54.6 Å². The first kappa shape index (κ1) is 14.1. The molecule has 2 rings (SSSR count). The van der Waals surface area contributed by atoms with Gasteiger partial charge in [-0.2, -0.15) is 0 Å². The number of benzene rings is 2. The van der Waals surface area contributed by atoms with Gasteiger partial charge < -0.3 is 10.1 Å². The molecule has 2 aromatic rings. The molecule has 0 bridgehead atoms. The molecule has 1 atom stereocenters. The fourth-order valence-electron chi connectivity index (χ4n) is 1.71. The van der Waals surface area contributed by atoms with Gasteiger partial charge in [-0.3, -0.25) is 4.79 Å². The van der Waals surface area contributed by atoms with E-state index in [0.717, 1.165) is 17.9 Å². The van der Waals surface area contributed by atoms with Crippen molar-refractivity contribution in [2.75, 3.05) is 0 Å². The number of ether oxygens (including phenoxy) is 1. The maximum atomic E-state index is 11.9. The van der Waals surface area contributed by atoms with Crippen molar-refractivity contribution >= 4 is 5.91 Å². The summed E-state index contributed by atoms with van der Waals surface area (Å²) < 4.78 is 5.68. The quantitative estimate of drug-likeness (QED) is 0.890. The molecule has 3 heteroatoms. The Bertz CT molecular complexity index is 549. The zero-order valence-corrected chi connectivity index (χ0v) is 11.8. The van der Waals surface area contributed by atoms with Gasteiger partial charge in [0.2, 0.25) is 0 Å². The Balaban J connectivity index is 2.01. The smallest absolute Gasteiger partial charge is 0.251 e. The zero-order chi connectivity index (χ0) is 14.4. The fourth-order valence-corrected chi connectivity index (χ4v) is 1.71. The van der Waals surface area contributed by atoms with Gasteiger partial charge >= 0.3 is 0 Å². The van der Waals surface area contributed by atoms with Gasteiger partial charge in [0.15, 0.2) is 0 Å². The van der Waals surface area contributed by atoms with Crippen LogP contribution in [0.5, 0.6) is 11.5 Å². The predicted molar refractivity (Wildman–Crippen MR) is 80.2 cm³/mol. The van der Waals surface area contributed by atoms with Crippen molar-refractivity contribution in [3.63, 3.8) is 0 Å². The second-order valence-corrected chi connectivity index (χ2v) is 4.72. The van der Waals surface area contributed by atoms with E-state index in [4.69, 9.17) is 4.74 Å². The Morgan fingerprint density at radius 1 is 1.05 bits per heavy atom. The number of hydrogen-bond acceptors (Lipinski definition) is 2. The Morgan fingerprint density at radius 3 is 2.25 bits per heavy atom. The van der Waals surface area contributed by atoms with Crippen LogP contribution in [-0.2, 0) is 0 Å². The van der Waals surface area contributed by atoms with Crippen molar-refractivity contribution in [3.05, 3.63) is 60.2 Å². The van der Waals surface area contributed by atoms with E-state index >= 15 is 0 Å². The van der Waals surface area contributed by atoms with E-state index < -0.39 is 0 Å². The van der Waals surface area contributed by atoms with Crippen molar-refractivity contribution in [1.29, 1.82) is 0 Å². The van der Waals surface area contributed by atoms with Crippen LogP contribution in [0.3, 0.4) is 0 Å². The Kier molecular flexibility index (Phi) is 4.77. The Morgan fingerprint density at radius 2 is 1.65 bits per heavy atom. The van der Waals surface area contributed by atoms with Gasteiger partial charge in [0, 0.05) is 11.6 Å². The van der Waals surface area contributed by atoms with Gasteiger partial charge in [-0.05, 0) is 49.7 Å². The van der Waals surface area contributed by atoms with E-state index in [-0.39, 0.29) is 11.9 Å². The number of carbonyl (C=O) groups excluding carboxylic acids is 1. The highest BCUT2D eigenvalue weighted by Crippen LogP contribution is 2.21. The lowest BCUT2D eigenvalue weighted by molar-refractivity contribution is 0.0939. The zero-order valence-electron chi connectivity index (χ0n) is 11.8. The summed E-state index contributed by atoms with van der Waals surface area (Å²) in [5.41, 5.74) is 0.644. The summed E-state index contributed by atoms with van der Waals surface area (Å²) >= 11 is 0. The van der Waals surface area contributed by atoms with Crippen LogP contribution in [0.2, 0.25) is 0 Å². The summed E-state index contributed by atoms with van der Waals surface area (Å²) in [5.74, 6) is 1.45. The number of para-hydroxylation sites is 1. The molecule has 2 aromatic carbocycles. The van der Waals surface area contributed by atoms with Crippen LogP contribution in [0.25, 0.3) is 0 Å². The molecule has 0 radical (unpaired) electrons. The van der Waals surface area contributed by atoms with Crippen LogP contribution >= 0.6 is 0 Å². The Hall–Kier alpha value is -2.29. The second-order valence-electron chi connectivity index (χ2n) is 4.72. The van der Waals surface area contributed by atoms with Gasteiger partial charge in [0.05, 0.1) is 0 Å². The van der Waals surface area contributed by atoms with Crippen molar-refractivity contribution in [1.82, 2.24) is 5.32 Å². The predicted octanol–water partition coefficient (Wildman–Crippen LogP) is 4.01. The molecule has 0 fully saturated rings. The molecular weight excluding hydrogens is 250 g/mol.